The number of nitriles is 1. The monoisotopic (exact) mass is 490 g/mol. The van der Waals surface area contributed by atoms with Gasteiger partial charge >= 0.3 is 0 Å². The van der Waals surface area contributed by atoms with Crippen LogP contribution in [0, 0.1) is 11.3 Å². The fourth-order valence-electron chi connectivity index (χ4n) is 2.67. The number of halogens is 4. The molecule has 0 saturated carbocycles. The molecule has 0 fully saturated rings. The van der Waals surface area contributed by atoms with E-state index in [1.54, 1.807) is 36.4 Å². The number of amides is 1. The van der Waals surface area contributed by atoms with E-state index in [4.69, 9.17) is 51.1 Å². The molecule has 0 aliphatic carbocycles. The summed E-state index contributed by atoms with van der Waals surface area (Å²) in [6, 6.07) is 18.8. The molecule has 1 amide bonds. The van der Waals surface area contributed by atoms with E-state index in [-0.39, 0.29) is 23.0 Å². The van der Waals surface area contributed by atoms with Crippen LogP contribution in [0.2, 0.25) is 20.1 Å². The number of carbonyl (C=O) groups is 1. The van der Waals surface area contributed by atoms with Gasteiger partial charge in [-0.15, -0.1) is 0 Å². The summed E-state index contributed by atoms with van der Waals surface area (Å²) in [5.74, 6) is -0.341. The lowest BCUT2D eigenvalue weighted by Crippen LogP contribution is -2.13. The van der Waals surface area contributed by atoms with Crippen molar-refractivity contribution in [3.05, 3.63) is 97.5 Å². The van der Waals surface area contributed by atoms with Crippen molar-refractivity contribution in [1.82, 2.24) is 0 Å². The van der Waals surface area contributed by atoms with Gasteiger partial charge in [-0.1, -0.05) is 70.7 Å². The highest BCUT2D eigenvalue weighted by atomic mass is 35.5. The molecule has 1 N–H and O–H groups in total. The molecule has 0 bridgehead atoms. The van der Waals surface area contributed by atoms with Gasteiger partial charge in [0, 0.05) is 31.9 Å². The van der Waals surface area contributed by atoms with Crippen molar-refractivity contribution in [2.45, 2.75) is 6.61 Å². The number of rotatable bonds is 6. The Hall–Kier alpha value is -2.68. The third-order valence-electron chi connectivity index (χ3n) is 4.11. The van der Waals surface area contributed by atoms with E-state index < -0.39 is 5.91 Å². The van der Waals surface area contributed by atoms with E-state index in [2.05, 4.69) is 5.32 Å². The van der Waals surface area contributed by atoms with Crippen molar-refractivity contribution in [2.75, 3.05) is 5.32 Å². The number of nitrogens with one attached hydrogen (secondary N) is 1. The van der Waals surface area contributed by atoms with Crippen LogP contribution in [0.5, 0.6) is 5.75 Å². The van der Waals surface area contributed by atoms with Gasteiger partial charge in [0.2, 0.25) is 0 Å². The van der Waals surface area contributed by atoms with Gasteiger partial charge in [0.1, 0.15) is 24.0 Å². The molecule has 3 rings (SSSR count). The molecule has 0 aliphatic heterocycles. The van der Waals surface area contributed by atoms with E-state index in [9.17, 15) is 10.1 Å². The van der Waals surface area contributed by atoms with Crippen molar-refractivity contribution in [3.8, 4) is 11.8 Å². The standard InChI is InChI=1S/C23H14Cl4N2O2/c24-17-5-3-6-19(10-17)29-23(30)16(12-28)8-15-9-18(25)11-21(27)22(15)31-13-14-4-1-2-7-20(14)26/h1-11H,13H2,(H,29,30)/b16-8+. The molecule has 0 saturated heterocycles. The van der Waals surface area contributed by atoms with E-state index in [1.165, 1.54) is 12.1 Å². The summed E-state index contributed by atoms with van der Waals surface area (Å²) in [7, 11) is 0. The molecule has 156 valence electrons. The summed E-state index contributed by atoms with van der Waals surface area (Å²) >= 11 is 24.6. The first kappa shape index (κ1) is 23.0. The lowest BCUT2D eigenvalue weighted by Gasteiger charge is -2.13. The lowest BCUT2D eigenvalue weighted by atomic mass is 10.1. The second kappa shape index (κ2) is 10.6. The molecular formula is C23H14Cl4N2O2. The van der Waals surface area contributed by atoms with Crippen molar-refractivity contribution in [1.29, 1.82) is 5.26 Å². The molecule has 31 heavy (non-hydrogen) atoms. The number of hydrogen-bond donors (Lipinski definition) is 1. The van der Waals surface area contributed by atoms with Crippen molar-refractivity contribution < 1.29 is 9.53 Å². The first-order valence-corrected chi connectivity index (χ1v) is 10.4. The fourth-order valence-corrected chi connectivity index (χ4v) is 3.62. The SMILES string of the molecule is N#C/C(=C\c1cc(Cl)cc(Cl)c1OCc1ccccc1Cl)C(=O)Nc1cccc(Cl)c1. The predicted octanol–water partition coefficient (Wildman–Crippen LogP) is 7.42. The first-order valence-electron chi connectivity index (χ1n) is 8.91. The molecule has 0 atom stereocenters. The van der Waals surface area contributed by atoms with Gasteiger partial charge in [-0.05, 0) is 42.5 Å². The zero-order valence-corrected chi connectivity index (χ0v) is 18.9. The normalized spacial score (nSPS) is 11.0. The molecular weight excluding hydrogens is 478 g/mol. The Labute approximate surface area is 199 Å². The van der Waals surface area contributed by atoms with Gasteiger partial charge < -0.3 is 10.1 Å². The maximum absolute atomic E-state index is 12.6. The second-order valence-corrected chi connectivity index (χ2v) is 8.01. The molecule has 3 aromatic carbocycles. The topological polar surface area (TPSA) is 62.1 Å². The summed E-state index contributed by atoms with van der Waals surface area (Å²) in [5.41, 5.74) is 1.42. The Bertz CT molecular complexity index is 1200. The quantitative estimate of drug-likeness (QED) is 0.288. The van der Waals surface area contributed by atoms with Crippen LogP contribution in [-0.4, -0.2) is 5.91 Å². The summed E-state index contributed by atoms with van der Waals surface area (Å²) in [6.45, 7) is 0.137. The summed E-state index contributed by atoms with van der Waals surface area (Å²) in [6.07, 6.45) is 1.36. The summed E-state index contributed by atoms with van der Waals surface area (Å²) in [4.78, 5) is 12.6. The summed E-state index contributed by atoms with van der Waals surface area (Å²) < 4.78 is 5.87. The number of carbonyl (C=O) groups excluding carboxylic acids is 1. The van der Waals surface area contributed by atoms with Crippen molar-refractivity contribution in [3.63, 3.8) is 0 Å². The first-order chi connectivity index (χ1) is 14.9. The van der Waals surface area contributed by atoms with Crippen LogP contribution < -0.4 is 10.1 Å². The van der Waals surface area contributed by atoms with Gasteiger partial charge in [0.25, 0.3) is 5.91 Å². The third-order valence-corrected chi connectivity index (χ3v) is 5.22. The van der Waals surface area contributed by atoms with Crippen LogP contribution in [0.4, 0.5) is 5.69 Å². The van der Waals surface area contributed by atoms with Crippen molar-refractivity contribution >= 4 is 64.1 Å². The largest absolute Gasteiger partial charge is 0.487 e. The smallest absolute Gasteiger partial charge is 0.266 e. The second-order valence-electron chi connectivity index (χ2n) is 6.32. The Morgan fingerprint density at radius 3 is 2.45 bits per heavy atom. The van der Waals surface area contributed by atoms with Crippen LogP contribution in [0.15, 0.2) is 66.2 Å². The molecule has 8 heteroatoms. The Balaban J connectivity index is 1.90. The van der Waals surface area contributed by atoms with Crippen LogP contribution in [0.3, 0.4) is 0 Å². The lowest BCUT2D eigenvalue weighted by molar-refractivity contribution is -0.112. The van der Waals surface area contributed by atoms with Crippen LogP contribution >= 0.6 is 46.4 Å². The van der Waals surface area contributed by atoms with Gasteiger partial charge in [-0.25, -0.2) is 0 Å². The number of hydrogen-bond acceptors (Lipinski definition) is 3. The molecule has 0 radical (unpaired) electrons. The molecule has 0 heterocycles. The van der Waals surface area contributed by atoms with Crippen LogP contribution in [-0.2, 0) is 11.4 Å². The zero-order chi connectivity index (χ0) is 22.4. The molecule has 0 aliphatic rings. The highest BCUT2D eigenvalue weighted by Gasteiger charge is 2.15. The maximum Gasteiger partial charge on any atom is 0.266 e. The van der Waals surface area contributed by atoms with Crippen LogP contribution in [0.25, 0.3) is 6.08 Å². The number of benzene rings is 3. The van der Waals surface area contributed by atoms with Gasteiger partial charge in [-0.2, -0.15) is 5.26 Å². The Kier molecular flexibility index (Phi) is 7.84. The molecule has 0 aromatic heterocycles. The average Bonchev–Trinajstić information content (AvgIpc) is 2.72. The van der Waals surface area contributed by atoms with Gasteiger partial charge in [-0.3, -0.25) is 4.79 Å². The van der Waals surface area contributed by atoms with E-state index in [0.29, 0.717) is 26.3 Å². The Morgan fingerprint density at radius 1 is 0.968 bits per heavy atom. The minimum absolute atomic E-state index is 0.137. The number of nitrogens with zero attached hydrogens (tertiary/aromatic N) is 1. The Morgan fingerprint density at radius 2 is 1.74 bits per heavy atom. The number of anilines is 1. The van der Waals surface area contributed by atoms with Crippen LogP contribution in [0.1, 0.15) is 11.1 Å². The fraction of sp³-hybridized carbons (Fsp3) is 0.0435. The highest BCUT2D eigenvalue weighted by Crippen LogP contribution is 2.35. The average molecular weight is 492 g/mol. The van der Waals surface area contributed by atoms with E-state index >= 15 is 0 Å². The minimum Gasteiger partial charge on any atom is -0.487 e. The maximum atomic E-state index is 12.6. The molecule has 0 unspecified atom stereocenters. The number of ether oxygens (including phenoxy) is 1. The van der Waals surface area contributed by atoms with Crippen molar-refractivity contribution in [2.24, 2.45) is 0 Å². The highest BCUT2D eigenvalue weighted by molar-refractivity contribution is 6.36. The van der Waals surface area contributed by atoms with E-state index in [1.807, 2.05) is 24.3 Å². The third kappa shape index (κ3) is 6.16. The minimum atomic E-state index is -0.613. The molecule has 4 nitrogen and oxygen atoms in total. The molecule has 0 spiro atoms. The predicted molar refractivity (Wildman–Crippen MR) is 126 cm³/mol. The van der Waals surface area contributed by atoms with E-state index in [0.717, 1.165) is 5.56 Å². The zero-order valence-electron chi connectivity index (χ0n) is 15.8. The summed E-state index contributed by atoms with van der Waals surface area (Å²) in [5, 5.41) is 13.7. The van der Waals surface area contributed by atoms with Gasteiger partial charge in [0.15, 0.2) is 0 Å². The van der Waals surface area contributed by atoms with Gasteiger partial charge in [0.05, 0.1) is 5.02 Å². The molecule has 3 aromatic rings.